The SMILES string of the molecule is COc1ccc(-c2n[nH]c3c2CN(Cc2cnc(-c4ccco4)nc2)CC3)cc1.O=C(O)C(F)(F)F. The fourth-order valence-electron chi connectivity index (χ4n) is 3.70. The highest BCUT2D eigenvalue weighted by Crippen LogP contribution is 2.30. The van der Waals surface area contributed by atoms with Gasteiger partial charge in [-0.1, -0.05) is 0 Å². The number of H-pyrrole nitrogens is 1. The Morgan fingerprint density at radius 3 is 2.47 bits per heavy atom. The molecule has 1 aromatic carbocycles. The highest BCUT2D eigenvalue weighted by Gasteiger charge is 2.38. The summed E-state index contributed by atoms with van der Waals surface area (Å²) in [6, 6.07) is 11.7. The number of aliphatic carboxylic acids is 1. The number of methoxy groups -OCH3 is 1. The van der Waals surface area contributed by atoms with Crippen LogP contribution in [0.5, 0.6) is 5.75 Å². The van der Waals surface area contributed by atoms with Gasteiger partial charge in [-0.3, -0.25) is 10.00 Å². The van der Waals surface area contributed by atoms with Crippen molar-refractivity contribution in [2.75, 3.05) is 13.7 Å². The van der Waals surface area contributed by atoms with Gasteiger partial charge in [-0.05, 0) is 36.4 Å². The minimum absolute atomic E-state index is 0.608. The van der Waals surface area contributed by atoms with Crippen molar-refractivity contribution in [1.82, 2.24) is 25.1 Å². The average Bonchev–Trinajstić information content (AvgIpc) is 3.55. The van der Waals surface area contributed by atoms with Gasteiger partial charge in [0.2, 0.25) is 0 Å². The van der Waals surface area contributed by atoms with Gasteiger partial charge >= 0.3 is 12.1 Å². The van der Waals surface area contributed by atoms with Crippen molar-refractivity contribution < 1.29 is 32.2 Å². The molecule has 0 fully saturated rings. The van der Waals surface area contributed by atoms with Crippen LogP contribution in [0.15, 0.2) is 59.5 Å². The first-order chi connectivity index (χ1) is 17.2. The maximum Gasteiger partial charge on any atom is 0.490 e. The average molecular weight is 501 g/mol. The molecule has 0 saturated carbocycles. The van der Waals surface area contributed by atoms with Gasteiger partial charge in [-0.2, -0.15) is 18.3 Å². The molecule has 12 heteroatoms. The van der Waals surface area contributed by atoms with Gasteiger partial charge < -0.3 is 14.3 Å². The third-order valence-electron chi connectivity index (χ3n) is 5.47. The molecule has 5 rings (SSSR count). The molecule has 1 aliphatic rings. The number of hydrogen-bond acceptors (Lipinski definition) is 7. The molecule has 0 amide bonds. The predicted molar refractivity (Wildman–Crippen MR) is 122 cm³/mol. The molecule has 36 heavy (non-hydrogen) atoms. The molecule has 0 atom stereocenters. The Hall–Kier alpha value is -4.19. The van der Waals surface area contributed by atoms with E-state index in [9.17, 15) is 13.2 Å². The van der Waals surface area contributed by atoms with Crippen molar-refractivity contribution in [2.24, 2.45) is 0 Å². The molecule has 4 heterocycles. The number of hydrogen-bond donors (Lipinski definition) is 2. The van der Waals surface area contributed by atoms with Gasteiger partial charge in [0, 0.05) is 60.8 Å². The maximum atomic E-state index is 10.6. The summed E-state index contributed by atoms with van der Waals surface area (Å²) in [4.78, 5) is 20.2. The number of carboxylic acids is 1. The second-order valence-corrected chi connectivity index (χ2v) is 7.91. The fraction of sp³-hybridized carbons (Fsp3) is 0.250. The van der Waals surface area contributed by atoms with Gasteiger partial charge in [0.1, 0.15) is 5.75 Å². The maximum absolute atomic E-state index is 10.6. The van der Waals surface area contributed by atoms with Gasteiger partial charge in [0.05, 0.1) is 19.1 Å². The number of ether oxygens (including phenoxy) is 1. The minimum atomic E-state index is -5.08. The van der Waals surface area contributed by atoms with Crippen LogP contribution in [-0.4, -0.2) is 56.0 Å². The molecule has 188 valence electrons. The fourth-order valence-corrected chi connectivity index (χ4v) is 3.70. The molecule has 1 aliphatic heterocycles. The largest absolute Gasteiger partial charge is 0.497 e. The molecule has 3 aromatic heterocycles. The van der Waals surface area contributed by atoms with E-state index in [0.29, 0.717) is 11.6 Å². The number of furan rings is 1. The van der Waals surface area contributed by atoms with Crippen LogP contribution in [0, 0.1) is 0 Å². The van der Waals surface area contributed by atoms with E-state index in [1.54, 1.807) is 13.4 Å². The van der Waals surface area contributed by atoms with Crippen LogP contribution in [0.2, 0.25) is 0 Å². The molecule has 0 spiro atoms. The van der Waals surface area contributed by atoms with E-state index in [4.69, 9.17) is 19.1 Å². The molecule has 9 nitrogen and oxygen atoms in total. The first kappa shape index (κ1) is 24.9. The van der Waals surface area contributed by atoms with Crippen LogP contribution >= 0.6 is 0 Å². The Morgan fingerprint density at radius 1 is 1.19 bits per heavy atom. The van der Waals surface area contributed by atoms with E-state index >= 15 is 0 Å². The van der Waals surface area contributed by atoms with Gasteiger partial charge in [0.25, 0.3) is 0 Å². The van der Waals surface area contributed by atoms with E-state index in [1.165, 1.54) is 11.3 Å². The summed E-state index contributed by atoms with van der Waals surface area (Å²) < 4.78 is 42.4. The number of rotatable bonds is 5. The quantitative estimate of drug-likeness (QED) is 0.415. The Labute approximate surface area is 203 Å². The highest BCUT2D eigenvalue weighted by molar-refractivity contribution is 5.73. The predicted octanol–water partition coefficient (Wildman–Crippen LogP) is 4.33. The molecule has 4 aromatic rings. The molecule has 0 unspecified atom stereocenters. The molecular formula is C24H22F3N5O4. The smallest absolute Gasteiger partial charge is 0.490 e. The summed E-state index contributed by atoms with van der Waals surface area (Å²) >= 11 is 0. The lowest BCUT2D eigenvalue weighted by Crippen LogP contribution is -2.30. The normalized spacial score (nSPS) is 13.4. The topological polar surface area (TPSA) is 117 Å². The summed E-state index contributed by atoms with van der Waals surface area (Å²) in [7, 11) is 1.67. The van der Waals surface area contributed by atoms with Crippen LogP contribution < -0.4 is 4.74 Å². The van der Waals surface area contributed by atoms with Crippen molar-refractivity contribution in [3.8, 4) is 28.6 Å². The summed E-state index contributed by atoms with van der Waals surface area (Å²) in [5, 5.41) is 14.9. The third-order valence-corrected chi connectivity index (χ3v) is 5.47. The van der Waals surface area contributed by atoms with Crippen molar-refractivity contribution in [3.63, 3.8) is 0 Å². The van der Waals surface area contributed by atoms with Crippen molar-refractivity contribution in [3.05, 3.63) is 71.9 Å². The number of alkyl halides is 3. The summed E-state index contributed by atoms with van der Waals surface area (Å²) in [5.74, 6) is -0.622. The number of halogens is 3. The van der Waals surface area contributed by atoms with Crippen LogP contribution in [0.25, 0.3) is 22.8 Å². The van der Waals surface area contributed by atoms with Crippen LogP contribution in [-0.2, 0) is 24.3 Å². The summed E-state index contributed by atoms with van der Waals surface area (Å²) in [5.41, 5.74) is 5.66. The lowest BCUT2D eigenvalue weighted by atomic mass is 10.0. The molecule has 0 radical (unpaired) electrons. The van der Waals surface area contributed by atoms with E-state index < -0.39 is 12.1 Å². The van der Waals surface area contributed by atoms with E-state index in [0.717, 1.165) is 48.6 Å². The molecular weight excluding hydrogens is 479 g/mol. The Balaban J connectivity index is 0.000000384. The second-order valence-electron chi connectivity index (χ2n) is 7.91. The lowest BCUT2D eigenvalue weighted by Gasteiger charge is -2.26. The van der Waals surface area contributed by atoms with Crippen molar-refractivity contribution >= 4 is 5.97 Å². The summed E-state index contributed by atoms with van der Waals surface area (Å²) in [6.45, 7) is 2.61. The Bertz CT molecular complexity index is 1290. The van der Waals surface area contributed by atoms with Gasteiger partial charge in [0.15, 0.2) is 11.6 Å². The van der Waals surface area contributed by atoms with E-state index in [1.807, 2.05) is 36.7 Å². The van der Waals surface area contributed by atoms with Crippen LogP contribution in [0.1, 0.15) is 16.8 Å². The van der Waals surface area contributed by atoms with E-state index in [-0.39, 0.29) is 0 Å². The summed E-state index contributed by atoms with van der Waals surface area (Å²) in [6.07, 6.45) is 1.24. The van der Waals surface area contributed by atoms with Gasteiger partial charge in [-0.15, -0.1) is 0 Å². The number of aromatic nitrogens is 4. The van der Waals surface area contributed by atoms with Crippen molar-refractivity contribution in [2.45, 2.75) is 25.7 Å². The lowest BCUT2D eigenvalue weighted by molar-refractivity contribution is -0.192. The molecule has 0 aliphatic carbocycles. The molecule has 0 bridgehead atoms. The third kappa shape index (κ3) is 5.89. The zero-order valence-corrected chi connectivity index (χ0v) is 19.1. The number of nitrogens with zero attached hydrogens (tertiary/aromatic N) is 4. The number of aromatic amines is 1. The monoisotopic (exact) mass is 501 g/mol. The van der Waals surface area contributed by atoms with Gasteiger partial charge in [-0.25, -0.2) is 14.8 Å². The van der Waals surface area contributed by atoms with E-state index in [2.05, 4.69) is 37.2 Å². The van der Waals surface area contributed by atoms with Crippen LogP contribution in [0.3, 0.4) is 0 Å². The number of fused-ring (bicyclic) bond motifs is 1. The van der Waals surface area contributed by atoms with Crippen molar-refractivity contribution in [1.29, 1.82) is 0 Å². The Morgan fingerprint density at radius 2 is 1.89 bits per heavy atom. The number of carboxylic acid groups (broad SMARTS) is 1. The number of benzene rings is 1. The standard InChI is InChI=1S/C22H21N5O2.C2HF3O2/c1-28-17-6-4-16(5-7-17)21-18-14-27(9-8-19(18)25-26-21)13-15-11-23-22(24-12-15)20-3-2-10-29-20;3-2(4,5)1(6)7/h2-7,10-12H,8-9,13-14H2,1H3,(H,25,26);(H,6,7). The zero-order chi connectivity index (χ0) is 25.7. The first-order valence-electron chi connectivity index (χ1n) is 10.8. The first-order valence-corrected chi connectivity index (χ1v) is 10.8. The Kier molecular flexibility index (Phi) is 7.34. The minimum Gasteiger partial charge on any atom is -0.497 e. The van der Waals surface area contributed by atoms with Crippen LogP contribution in [0.4, 0.5) is 13.2 Å². The number of carbonyl (C=O) groups is 1. The zero-order valence-electron chi connectivity index (χ0n) is 19.1. The highest BCUT2D eigenvalue weighted by atomic mass is 19.4. The number of nitrogens with one attached hydrogen (secondary N) is 1. The molecule has 2 N–H and O–H groups in total. The second kappa shape index (κ2) is 10.6. The molecule has 0 saturated heterocycles.